The van der Waals surface area contributed by atoms with Crippen molar-refractivity contribution in [2.24, 2.45) is 0 Å². The first-order valence-corrected chi connectivity index (χ1v) is 11.2. The molecule has 2 aromatic carbocycles. The molecule has 6 nitrogen and oxygen atoms in total. The Morgan fingerprint density at radius 1 is 1.07 bits per heavy atom. The lowest BCUT2D eigenvalue weighted by Gasteiger charge is -2.38. The van der Waals surface area contributed by atoms with Crippen molar-refractivity contribution in [2.75, 3.05) is 51.2 Å². The highest BCUT2D eigenvalue weighted by Gasteiger charge is 2.33. The molecule has 8 heteroatoms. The van der Waals surface area contributed by atoms with Gasteiger partial charge in [-0.15, -0.1) is 0 Å². The highest BCUT2D eigenvalue weighted by Crippen LogP contribution is 2.29. The van der Waals surface area contributed by atoms with Crippen LogP contribution in [0.25, 0.3) is 0 Å². The summed E-state index contributed by atoms with van der Waals surface area (Å²) in [5.74, 6) is 0. The third-order valence-electron chi connectivity index (χ3n) is 4.68. The van der Waals surface area contributed by atoms with Gasteiger partial charge in [-0.1, -0.05) is 29.8 Å². The molecule has 0 atom stereocenters. The number of rotatable bonds is 7. The van der Waals surface area contributed by atoms with Gasteiger partial charge in [-0.2, -0.15) is 12.8 Å². The smallest absolute Gasteiger partial charge is 0.278 e. The molecule has 0 aromatic heterocycles. The topological polar surface area (TPSA) is 55.9 Å². The monoisotopic (exact) mass is 422 g/mol. The van der Waals surface area contributed by atoms with Crippen LogP contribution in [-0.4, -0.2) is 65.1 Å². The number of nitrogens with one attached hydrogen (secondary N) is 1. The van der Waals surface area contributed by atoms with Crippen molar-refractivity contribution in [1.29, 1.82) is 0 Å². The minimum atomic E-state index is -3.79. The maximum Gasteiger partial charge on any atom is 0.278 e. The van der Waals surface area contributed by atoms with Gasteiger partial charge < -0.3 is 10.2 Å². The third kappa shape index (κ3) is 4.85. The van der Waals surface area contributed by atoms with Crippen molar-refractivity contribution in [3.63, 3.8) is 0 Å². The molecule has 0 spiro atoms. The number of hydrazine groups is 1. The lowest BCUT2D eigenvalue weighted by Crippen LogP contribution is -2.54. The minimum Gasteiger partial charge on any atom is -0.314 e. The van der Waals surface area contributed by atoms with Crippen LogP contribution in [0.1, 0.15) is 5.56 Å². The van der Waals surface area contributed by atoms with E-state index in [1.54, 1.807) is 18.2 Å². The summed E-state index contributed by atoms with van der Waals surface area (Å²) in [6.07, 6.45) is 0.603. The van der Waals surface area contributed by atoms with E-state index >= 15 is 0 Å². The molecule has 1 aliphatic rings. The van der Waals surface area contributed by atoms with Crippen LogP contribution in [-0.2, 0) is 16.4 Å². The summed E-state index contributed by atoms with van der Waals surface area (Å²) < 4.78 is 29.1. The van der Waals surface area contributed by atoms with Crippen LogP contribution in [0.15, 0.2) is 53.4 Å². The van der Waals surface area contributed by atoms with Gasteiger partial charge >= 0.3 is 0 Å². The molecule has 0 amide bonds. The summed E-state index contributed by atoms with van der Waals surface area (Å²) in [6, 6.07) is 14.3. The van der Waals surface area contributed by atoms with Crippen LogP contribution in [0.4, 0.5) is 5.69 Å². The normalized spacial score (nSPS) is 15.7. The number of hydrogen-bond donors (Lipinski definition) is 1. The molecular weight excluding hydrogens is 396 g/mol. The second-order valence-electron chi connectivity index (χ2n) is 7.09. The first-order chi connectivity index (χ1) is 13.4. The quantitative estimate of drug-likeness (QED) is 0.742. The summed E-state index contributed by atoms with van der Waals surface area (Å²) >= 11 is 6.19. The molecule has 0 bridgehead atoms. The van der Waals surface area contributed by atoms with Gasteiger partial charge in [0.25, 0.3) is 10.0 Å². The average Bonchev–Trinajstić information content (AvgIpc) is 2.68. The highest BCUT2D eigenvalue weighted by atomic mass is 35.5. The summed E-state index contributed by atoms with van der Waals surface area (Å²) in [5.41, 5.74) is 1.37. The standard InChI is InChI=1S/C20H27ClN4O2S/c1-23(2)13-10-17-16-18(21)8-9-20(17)28(26,27)25(19-6-4-3-5-7-19)24-14-11-22-12-15-24/h3-9,16,22H,10-15H2,1-2H3. The molecule has 1 aliphatic heterocycles. The van der Waals surface area contributed by atoms with Crippen LogP contribution in [0, 0.1) is 0 Å². The predicted molar refractivity (Wildman–Crippen MR) is 114 cm³/mol. The van der Waals surface area contributed by atoms with Gasteiger partial charge in [0.15, 0.2) is 0 Å². The second-order valence-corrected chi connectivity index (χ2v) is 9.26. The van der Waals surface area contributed by atoms with E-state index in [0.717, 1.165) is 25.2 Å². The molecule has 0 saturated carbocycles. The molecule has 152 valence electrons. The van der Waals surface area contributed by atoms with E-state index < -0.39 is 10.0 Å². The van der Waals surface area contributed by atoms with Gasteiger partial charge in [-0.25, -0.2) is 5.01 Å². The number of anilines is 1. The molecule has 0 radical (unpaired) electrons. The Bertz CT molecular complexity index is 884. The van der Waals surface area contributed by atoms with Crippen molar-refractivity contribution in [3.8, 4) is 0 Å². The summed E-state index contributed by atoms with van der Waals surface area (Å²) in [7, 11) is 0.141. The SMILES string of the molecule is CN(C)CCc1cc(Cl)ccc1S(=O)(=O)N(c1ccccc1)N1CCNCC1. The van der Waals surface area contributed by atoms with Crippen molar-refractivity contribution in [3.05, 3.63) is 59.1 Å². The molecule has 0 aliphatic carbocycles. The largest absolute Gasteiger partial charge is 0.314 e. The van der Waals surface area contributed by atoms with Gasteiger partial charge in [0.1, 0.15) is 0 Å². The van der Waals surface area contributed by atoms with Crippen molar-refractivity contribution in [2.45, 2.75) is 11.3 Å². The predicted octanol–water partition coefficient (Wildman–Crippen LogP) is 2.46. The van der Waals surface area contributed by atoms with Gasteiger partial charge in [0.05, 0.1) is 10.6 Å². The number of nitrogens with zero attached hydrogens (tertiary/aromatic N) is 3. The van der Waals surface area contributed by atoms with E-state index in [2.05, 4.69) is 5.32 Å². The Balaban J connectivity index is 2.06. The van der Waals surface area contributed by atoms with Crippen molar-refractivity contribution in [1.82, 2.24) is 15.2 Å². The number of benzene rings is 2. The Kier molecular flexibility index (Phi) is 6.95. The lowest BCUT2D eigenvalue weighted by molar-refractivity contribution is 0.253. The van der Waals surface area contributed by atoms with Crippen molar-refractivity contribution >= 4 is 27.3 Å². The second kappa shape index (κ2) is 9.24. The Hall–Kier alpha value is -1.64. The van der Waals surface area contributed by atoms with E-state index in [1.807, 2.05) is 54.3 Å². The zero-order valence-corrected chi connectivity index (χ0v) is 17.9. The highest BCUT2D eigenvalue weighted by molar-refractivity contribution is 7.92. The van der Waals surface area contributed by atoms with Crippen LogP contribution in [0.2, 0.25) is 5.02 Å². The Labute approximate surface area is 172 Å². The van der Waals surface area contributed by atoms with Crippen LogP contribution < -0.4 is 9.73 Å². The first kappa shape index (κ1) is 21.1. The molecule has 28 heavy (non-hydrogen) atoms. The summed E-state index contributed by atoms with van der Waals surface area (Å²) in [6.45, 7) is 3.46. The lowest BCUT2D eigenvalue weighted by atomic mass is 10.1. The molecule has 3 rings (SSSR count). The molecule has 1 saturated heterocycles. The number of sulfonamides is 1. The third-order valence-corrected chi connectivity index (χ3v) is 6.77. The molecule has 1 N–H and O–H groups in total. The number of para-hydroxylation sites is 1. The molecular formula is C20H27ClN4O2S. The number of likely N-dealkylation sites (N-methyl/N-ethyl adjacent to an activating group) is 1. The van der Waals surface area contributed by atoms with Gasteiger partial charge in [0, 0.05) is 37.7 Å². The molecule has 0 unspecified atom stereocenters. The zero-order chi connectivity index (χ0) is 20.1. The summed E-state index contributed by atoms with van der Waals surface area (Å²) in [4.78, 5) is 2.34. The van der Waals surface area contributed by atoms with E-state index in [-0.39, 0.29) is 0 Å². The molecule has 2 aromatic rings. The van der Waals surface area contributed by atoms with Crippen LogP contribution in [0.5, 0.6) is 0 Å². The fourth-order valence-electron chi connectivity index (χ4n) is 3.28. The van der Waals surface area contributed by atoms with E-state index in [9.17, 15) is 8.42 Å². The van der Waals surface area contributed by atoms with Gasteiger partial charge in [-0.05, 0) is 56.4 Å². The number of hydrogen-bond acceptors (Lipinski definition) is 5. The van der Waals surface area contributed by atoms with Crippen LogP contribution >= 0.6 is 11.6 Å². The number of piperazine rings is 1. The van der Waals surface area contributed by atoms with Gasteiger partial charge in [-0.3, -0.25) is 0 Å². The van der Waals surface area contributed by atoms with E-state index in [0.29, 0.717) is 35.1 Å². The average molecular weight is 423 g/mol. The van der Waals surface area contributed by atoms with Crippen molar-refractivity contribution < 1.29 is 8.42 Å². The molecule has 1 heterocycles. The fourth-order valence-corrected chi connectivity index (χ4v) is 5.26. The van der Waals surface area contributed by atoms with E-state index in [1.165, 1.54) is 4.41 Å². The fraction of sp³-hybridized carbons (Fsp3) is 0.400. The summed E-state index contributed by atoms with van der Waals surface area (Å²) in [5, 5.41) is 5.71. The van der Waals surface area contributed by atoms with Gasteiger partial charge in [0.2, 0.25) is 0 Å². The Morgan fingerprint density at radius 2 is 1.75 bits per heavy atom. The first-order valence-electron chi connectivity index (χ1n) is 9.39. The minimum absolute atomic E-state index is 0.307. The van der Waals surface area contributed by atoms with E-state index in [4.69, 9.17) is 11.6 Å². The number of halogens is 1. The maximum absolute atomic E-state index is 13.8. The Morgan fingerprint density at radius 3 is 2.39 bits per heavy atom. The van der Waals surface area contributed by atoms with Crippen LogP contribution in [0.3, 0.4) is 0 Å². The zero-order valence-electron chi connectivity index (χ0n) is 16.3. The molecule has 1 fully saturated rings. The maximum atomic E-state index is 13.8.